The van der Waals surface area contributed by atoms with Crippen LogP contribution in [-0.2, 0) is 31.6 Å². The van der Waals surface area contributed by atoms with Gasteiger partial charge in [0.2, 0.25) is 5.91 Å². The van der Waals surface area contributed by atoms with Crippen molar-refractivity contribution in [3.8, 4) is 0 Å². The standard InChI is InChI=1S/C28H32N4O6S/c1-2-13-30-28(36)31-23-7-4-8-24(16-23)39(37,38)18-20-5-3-6-21(14-20)25(17-27(34)35)32-26(33)15-19-9-11-22(29)12-10-19/h3-12,14,16,25H,2,13,15,17-18,29H2,1H3,(H,32,33)(H,34,35)(H2,30,31,36)/t25-/m1/s1. The number of sulfone groups is 1. The predicted molar refractivity (Wildman–Crippen MR) is 149 cm³/mol. The molecule has 0 radical (unpaired) electrons. The number of carbonyl (C=O) groups is 3. The summed E-state index contributed by atoms with van der Waals surface area (Å²) in [5.41, 5.74) is 8.19. The Morgan fingerprint density at radius 1 is 0.949 bits per heavy atom. The molecular weight excluding hydrogens is 520 g/mol. The van der Waals surface area contributed by atoms with Crippen molar-refractivity contribution >= 4 is 39.1 Å². The monoisotopic (exact) mass is 552 g/mol. The van der Waals surface area contributed by atoms with Gasteiger partial charge in [0.15, 0.2) is 9.84 Å². The maximum atomic E-state index is 13.2. The quantitative estimate of drug-likeness (QED) is 0.214. The van der Waals surface area contributed by atoms with Crippen LogP contribution in [0, 0.1) is 0 Å². The Morgan fingerprint density at radius 2 is 1.67 bits per heavy atom. The molecule has 0 spiro atoms. The third-order valence-corrected chi connectivity index (χ3v) is 7.44. The fourth-order valence-electron chi connectivity index (χ4n) is 3.88. The first-order valence-electron chi connectivity index (χ1n) is 12.4. The van der Waals surface area contributed by atoms with Gasteiger partial charge in [-0.15, -0.1) is 0 Å². The maximum Gasteiger partial charge on any atom is 0.319 e. The van der Waals surface area contributed by atoms with Gasteiger partial charge >= 0.3 is 12.0 Å². The summed E-state index contributed by atoms with van der Waals surface area (Å²) in [6.07, 6.45) is 0.420. The van der Waals surface area contributed by atoms with Gasteiger partial charge < -0.3 is 26.8 Å². The van der Waals surface area contributed by atoms with Gasteiger partial charge in [0.1, 0.15) is 0 Å². The van der Waals surface area contributed by atoms with Crippen LogP contribution >= 0.6 is 0 Å². The number of benzene rings is 3. The van der Waals surface area contributed by atoms with E-state index in [-0.39, 0.29) is 29.4 Å². The third-order valence-electron chi connectivity index (χ3n) is 5.76. The van der Waals surface area contributed by atoms with Gasteiger partial charge in [0.05, 0.1) is 29.5 Å². The molecule has 3 amide bonds. The van der Waals surface area contributed by atoms with Gasteiger partial charge in [0, 0.05) is 17.9 Å². The highest BCUT2D eigenvalue weighted by Gasteiger charge is 2.21. The average molecular weight is 553 g/mol. The Hall–Kier alpha value is -4.38. The summed E-state index contributed by atoms with van der Waals surface area (Å²) in [5.74, 6) is -1.85. The van der Waals surface area contributed by atoms with Crippen molar-refractivity contribution in [3.05, 3.63) is 89.5 Å². The van der Waals surface area contributed by atoms with E-state index in [0.29, 0.717) is 29.0 Å². The zero-order valence-electron chi connectivity index (χ0n) is 21.5. The minimum absolute atomic E-state index is 0.0279. The van der Waals surface area contributed by atoms with Gasteiger partial charge in [-0.2, -0.15) is 0 Å². The summed E-state index contributed by atoms with van der Waals surface area (Å²) in [6.45, 7) is 2.41. The molecule has 0 unspecified atom stereocenters. The second-order valence-electron chi connectivity index (χ2n) is 9.05. The molecule has 3 aromatic rings. The highest BCUT2D eigenvalue weighted by atomic mass is 32.2. The molecule has 0 aromatic heterocycles. The summed E-state index contributed by atoms with van der Waals surface area (Å²) in [4.78, 5) is 36.2. The number of carboxylic acids is 1. The fourth-order valence-corrected chi connectivity index (χ4v) is 5.25. The molecule has 0 heterocycles. The van der Waals surface area contributed by atoms with E-state index < -0.39 is 27.9 Å². The van der Waals surface area contributed by atoms with E-state index in [0.717, 1.165) is 12.0 Å². The Balaban J connectivity index is 1.75. The van der Waals surface area contributed by atoms with E-state index in [1.54, 1.807) is 54.6 Å². The van der Waals surface area contributed by atoms with Crippen molar-refractivity contribution in [3.63, 3.8) is 0 Å². The lowest BCUT2D eigenvalue weighted by atomic mass is 10.0. The number of urea groups is 1. The minimum atomic E-state index is -3.81. The zero-order chi connectivity index (χ0) is 28.4. The minimum Gasteiger partial charge on any atom is -0.481 e. The van der Waals surface area contributed by atoms with Crippen LogP contribution in [0.2, 0.25) is 0 Å². The number of amides is 3. The van der Waals surface area contributed by atoms with Crippen LogP contribution in [-0.4, -0.2) is 38.0 Å². The molecule has 10 nitrogen and oxygen atoms in total. The molecule has 6 N–H and O–H groups in total. The van der Waals surface area contributed by atoms with E-state index in [1.807, 2.05) is 6.92 Å². The zero-order valence-corrected chi connectivity index (χ0v) is 22.3. The van der Waals surface area contributed by atoms with Crippen molar-refractivity contribution in [2.24, 2.45) is 0 Å². The van der Waals surface area contributed by atoms with Gasteiger partial charge in [-0.1, -0.05) is 49.4 Å². The van der Waals surface area contributed by atoms with E-state index in [2.05, 4.69) is 16.0 Å². The third kappa shape index (κ3) is 9.15. The van der Waals surface area contributed by atoms with Crippen molar-refractivity contribution in [1.29, 1.82) is 0 Å². The number of aliphatic carboxylic acids is 1. The number of hydrogen-bond acceptors (Lipinski definition) is 6. The molecular formula is C28H32N4O6S. The molecule has 3 aromatic carbocycles. The Labute approximate surface area is 227 Å². The second kappa shape index (κ2) is 13.4. The summed E-state index contributed by atoms with van der Waals surface area (Å²) in [5, 5.41) is 17.4. The number of carbonyl (C=O) groups excluding carboxylic acids is 2. The second-order valence-corrected chi connectivity index (χ2v) is 11.0. The van der Waals surface area contributed by atoms with Crippen molar-refractivity contribution in [2.45, 2.75) is 42.9 Å². The molecule has 0 fully saturated rings. The maximum absolute atomic E-state index is 13.2. The predicted octanol–water partition coefficient (Wildman–Crippen LogP) is 3.65. The van der Waals surface area contributed by atoms with Crippen molar-refractivity contribution < 1.29 is 27.9 Å². The van der Waals surface area contributed by atoms with Gasteiger partial charge in [0.25, 0.3) is 0 Å². The fraction of sp³-hybridized carbons (Fsp3) is 0.250. The molecule has 0 bridgehead atoms. The first-order chi connectivity index (χ1) is 18.6. The highest BCUT2D eigenvalue weighted by molar-refractivity contribution is 7.90. The largest absolute Gasteiger partial charge is 0.481 e. The lowest BCUT2D eigenvalue weighted by Crippen LogP contribution is -2.31. The van der Waals surface area contributed by atoms with E-state index in [1.165, 1.54) is 18.2 Å². The number of nitrogen functional groups attached to an aromatic ring is 1. The molecule has 39 heavy (non-hydrogen) atoms. The number of nitrogens with two attached hydrogens (primary N) is 1. The smallest absolute Gasteiger partial charge is 0.319 e. The number of hydrogen-bond donors (Lipinski definition) is 5. The Bertz CT molecular complexity index is 1420. The van der Waals surface area contributed by atoms with Gasteiger partial charge in [-0.05, 0) is 53.4 Å². The van der Waals surface area contributed by atoms with Gasteiger partial charge in [-0.25, -0.2) is 13.2 Å². The SMILES string of the molecule is CCCNC(=O)Nc1cccc(S(=O)(=O)Cc2cccc([C@@H](CC(=O)O)NC(=O)Cc3ccc(N)cc3)c2)c1. The average Bonchev–Trinajstić information content (AvgIpc) is 2.88. The normalized spacial score (nSPS) is 11.8. The lowest BCUT2D eigenvalue weighted by molar-refractivity contribution is -0.137. The van der Waals surface area contributed by atoms with E-state index in [4.69, 9.17) is 5.73 Å². The Kier molecular flexibility index (Phi) is 10.0. The first-order valence-corrected chi connectivity index (χ1v) is 14.0. The van der Waals surface area contributed by atoms with E-state index >= 15 is 0 Å². The molecule has 11 heteroatoms. The molecule has 206 valence electrons. The molecule has 0 saturated carbocycles. The number of anilines is 2. The summed E-state index contributed by atoms with van der Waals surface area (Å²) >= 11 is 0. The number of carboxylic acid groups (broad SMARTS) is 1. The molecule has 1 atom stereocenters. The number of rotatable bonds is 12. The van der Waals surface area contributed by atoms with Crippen LogP contribution in [0.25, 0.3) is 0 Å². The molecule has 0 aliphatic heterocycles. The van der Waals surface area contributed by atoms with E-state index in [9.17, 15) is 27.9 Å². The van der Waals surface area contributed by atoms with Crippen LogP contribution in [0.4, 0.5) is 16.2 Å². The lowest BCUT2D eigenvalue weighted by Gasteiger charge is -2.18. The molecule has 0 aliphatic carbocycles. The molecule has 3 rings (SSSR count). The van der Waals surface area contributed by atoms with Crippen molar-refractivity contribution in [2.75, 3.05) is 17.6 Å². The first kappa shape index (κ1) is 29.2. The van der Waals surface area contributed by atoms with Crippen LogP contribution in [0.5, 0.6) is 0 Å². The van der Waals surface area contributed by atoms with Crippen LogP contribution < -0.4 is 21.7 Å². The van der Waals surface area contributed by atoms with Gasteiger partial charge in [-0.3, -0.25) is 9.59 Å². The Morgan fingerprint density at radius 3 is 2.36 bits per heavy atom. The summed E-state index contributed by atoms with van der Waals surface area (Å²) in [7, 11) is -3.81. The highest BCUT2D eigenvalue weighted by Crippen LogP contribution is 2.24. The summed E-state index contributed by atoms with van der Waals surface area (Å²) in [6, 6.07) is 17.9. The number of nitrogens with one attached hydrogen (secondary N) is 3. The topological polar surface area (TPSA) is 168 Å². The van der Waals surface area contributed by atoms with Crippen LogP contribution in [0.1, 0.15) is 42.5 Å². The van der Waals surface area contributed by atoms with Crippen LogP contribution in [0.3, 0.4) is 0 Å². The van der Waals surface area contributed by atoms with Crippen molar-refractivity contribution in [1.82, 2.24) is 10.6 Å². The summed E-state index contributed by atoms with van der Waals surface area (Å²) < 4.78 is 26.3. The molecule has 0 saturated heterocycles. The molecule has 0 aliphatic rings. The van der Waals surface area contributed by atoms with Crippen LogP contribution in [0.15, 0.2) is 77.7 Å².